The second kappa shape index (κ2) is 6.43. The third-order valence-electron chi connectivity index (χ3n) is 5.12. The van der Waals surface area contributed by atoms with Crippen LogP contribution in [0.1, 0.15) is 71.1 Å². The first-order valence-electron chi connectivity index (χ1n) is 7.73. The van der Waals surface area contributed by atoms with Crippen LogP contribution in [0.25, 0.3) is 0 Å². The Hall–Kier alpha value is -0.510. The topological polar surface area (TPSA) is 23.8 Å². The van der Waals surface area contributed by atoms with E-state index < -0.39 is 0 Å². The summed E-state index contributed by atoms with van der Waals surface area (Å²) in [6, 6.07) is 2.49. The van der Waals surface area contributed by atoms with E-state index in [0.29, 0.717) is 5.92 Å². The van der Waals surface area contributed by atoms with Gasteiger partial charge in [-0.2, -0.15) is 5.26 Å². The van der Waals surface area contributed by atoms with Crippen LogP contribution >= 0.6 is 0 Å². The number of nitrogens with zero attached hydrogens (tertiary/aromatic N) is 1. The monoisotopic (exact) mass is 233 g/mol. The van der Waals surface area contributed by atoms with E-state index in [1.807, 2.05) is 0 Å². The maximum Gasteiger partial charge on any atom is 0.0655 e. The molecule has 2 saturated carbocycles. The molecule has 2 aliphatic rings. The first-order valence-corrected chi connectivity index (χ1v) is 7.73. The summed E-state index contributed by atoms with van der Waals surface area (Å²) in [5.74, 6) is 3.27. The maximum atomic E-state index is 9.03. The molecule has 0 spiro atoms. The van der Waals surface area contributed by atoms with E-state index in [0.717, 1.165) is 17.8 Å². The minimum atomic E-state index is 0.382. The molecule has 0 aromatic heterocycles. The lowest BCUT2D eigenvalue weighted by Gasteiger charge is -2.40. The summed E-state index contributed by atoms with van der Waals surface area (Å²) in [6.45, 7) is 2.29. The molecule has 0 saturated heterocycles. The predicted octanol–water partition coefficient (Wildman–Crippen LogP) is 4.92. The highest BCUT2D eigenvalue weighted by atomic mass is 14.4. The predicted molar refractivity (Wildman–Crippen MR) is 71.4 cm³/mol. The van der Waals surface area contributed by atoms with Gasteiger partial charge in [0.1, 0.15) is 0 Å². The molecular weight excluding hydrogens is 206 g/mol. The van der Waals surface area contributed by atoms with Crippen molar-refractivity contribution in [3.63, 3.8) is 0 Å². The third-order valence-corrected chi connectivity index (χ3v) is 5.12. The molecule has 1 nitrogen and oxygen atoms in total. The summed E-state index contributed by atoms with van der Waals surface area (Å²) in [7, 11) is 0. The lowest BCUT2D eigenvalue weighted by molar-refractivity contribution is 0.108. The Morgan fingerprint density at radius 1 is 1.00 bits per heavy atom. The molecule has 2 rings (SSSR count). The van der Waals surface area contributed by atoms with E-state index in [9.17, 15) is 0 Å². The lowest BCUT2D eigenvalue weighted by atomic mass is 9.64. The molecule has 2 fully saturated rings. The summed E-state index contributed by atoms with van der Waals surface area (Å²) in [5, 5.41) is 9.03. The molecule has 0 aromatic rings. The van der Waals surface area contributed by atoms with Gasteiger partial charge in [-0.05, 0) is 49.9 Å². The van der Waals surface area contributed by atoms with Gasteiger partial charge in [0.2, 0.25) is 0 Å². The van der Waals surface area contributed by atoms with E-state index in [1.165, 1.54) is 64.2 Å². The molecule has 0 N–H and O–H groups in total. The highest BCUT2D eigenvalue weighted by molar-refractivity contribution is 4.93. The molecule has 96 valence electrons. The van der Waals surface area contributed by atoms with Gasteiger partial charge in [0.05, 0.1) is 6.07 Å². The zero-order valence-electron chi connectivity index (χ0n) is 11.3. The van der Waals surface area contributed by atoms with Crippen molar-refractivity contribution in [3.8, 4) is 6.07 Å². The van der Waals surface area contributed by atoms with Gasteiger partial charge in [-0.15, -0.1) is 0 Å². The zero-order valence-corrected chi connectivity index (χ0v) is 11.3. The Kier molecular flexibility index (Phi) is 4.89. The molecule has 0 aromatic carbocycles. The molecule has 4 atom stereocenters. The number of fused-ring (bicyclic) bond motifs is 1. The van der Waals surface area contributed by atoms with Gasteiger partial charge < -0.3 is 0 Å². The Bertz CT molecular complexity index is 265. The second-order valence-corrected chi connectivity index (χ2v) is 6.33. The Balaban J connectivity index is 1.75. The minimum Gasteiger partial charge on any atom is -0.198 e. The van der Waals surface area contributed by atoms with E-state index in [1.54, 1.807) is 0 Å². The van der Waals surface area contributed by atoms with Crippen molar-refractivity contribution in [2.45, 2.75) is 71.1 Å². The van der Waals surface area contributed by atoms with Crippen molar-refractivity contribution in [1.29, 1.82) is 5.26 Å². The fourth-order valence-electron chi connectivity index (χ4n) is 4.05. The van der Waals surface area contributed by atoms with Crippen LogP contribution in [0.3, 0.4) is 0 Å². The molecule has 0 heterocycles. The van der Waals surface area contributed by atoms with Crippen molar-refractivity contribution < 1.29 is 0 Å². The van der Waals surface area contributed by atoms with Crippen LogP contribution in [0.5, 0.6) is 0 Å². The molecule has 0 radical (unpaired) electrons. The van der Waals surface area contributed by atoms with Gasteiger partial charge in [0.15, 0.2) is 0 Å². The Morgan fingerprint density at radius 3 is 2.53 bits per heavy atom. The van der Waals surface area contributed by atoms with E-state index in [2.05, 4.69) is 13.0 Å². The van der Waals surface area contributed by atoms with Crippen molar-refractivity contribution in [2.24, 2.45) is 23.7 Å². The van der Waals surface area contributed by atoms with Crippen molar-refractivity contribution in [3.05, 3.63) is 0 Å². The summed E-state index contributed by atoms with van der Waals surface area (Å²) in [6.07, 6.45) is 13.8. The van der Waals surface area contributed by atoms with Gasteiger partial charge in [-0.1, -0.05) is 39.0 Å². The number of hydrogen-bond acceptors (Lipinski definition) is 1. The summed E-state index contributed by atoms with van der Waals surface area (Å²) < 4.78 is 0. The van der Waals surface area contributed by atoms with Gasteiger partial charge in [-0.3, -0.25) is 0 Å². The lowest BCUT2D eigenvalue weighted by Crippen LogP contribution is -2.30. The van der Waals surface area contributed by atoms with Gasteiger partial charge >= 0.3 is 0 Å². The van der Waals surface area contributed by atoms with Gasteiger partial charge in [-0.25, -0.2) is 0 Å². The van der Waals surface area contributed by atoms with Crippen LogP contribution in [0.2, 0.25) is 0 Å². The SMILES string of the molecule is CCCCCC1CCC2CC(C#N)CCC2C1. The molecule has 2 aliphatic carbocycles. The second-order valence-electron chi connectivity index (χ2n) is 6.33. The fourth-order valence-corrected chi connectivity index (χ4v) is 4.05. The van der Waals surface area contributed by atoms with E-state index >= 15 is 0 Å². The molecule has 1 heteroatoms. The Morgan fingerprint density at radius 2 is 1.76 bits per heavy atom. The fraction of sp³-hybridized carbons (Fsp3) is 0.938. The number of nitriles is 1. The summed E-state index contributed by atoms with van der Waals surface area (Å²) >= 11 is 0. The smallest absolute Gasteiger partial charge is 0.0655 e. The highest BCUT2D eigenvalue weighted by Gasteiger charge is 2.35. The molecule has 4 unspecified atom stereocenters. The molecule has 0 bridgehead atoms. The number of unbranched alkanes of at least 4 members (excludes halogenated alkanes) is 2. The number of hydrogen-bond donors (Lipinski definition) is 0. The average molecular weight is 233 g/mol. The number of rotatable bonds is 4. The maximum absolute atomic E-state index is 9.03. The third kappa shape index (κ3) is 3.47. The normalized spacial score (nSPS) is 37.2. The van der Waals surface area contributed by atoms with Gasteiger partial charge in [0.25, 0.3) is 0 Å². The standard InChI is InChI=1S/C16H27N/c1-2-3-4-5-13-6-8-16-11-14(12-17)7-9-15(16)10-13/h13-16H,2-11H2,1H3. The van der Waals surface area contributed by atoms with Crippen LogP contribution in [0.15, 0.2) is 0 Å². The van der Waals surface area contributed by atoms with Crippen LogP contribution in [0.4, 0.5) is 0 Å². The first kappa shape index (κ1) is 12.9. The van der Waals surface area contributed by atoms with Crippen molar-refractivity contribution >= 4 is 0 Å². The van der Waals surface area contributed by atoms with Crippen molar-refractivity contribution in [1.82, 2.24) is 0 Å². The highest BCUT2D eigenvalue weighted by Crippen LogP contribution is 2.45. The van der Waals surface area contributed by atoms with E-state index in [4.69, 9.17) is 5.26 Å². The molecule has 17 heavy (non-hydrogen) atoms. The Labute approximate surface area is 107 Å². The molecule has 0 amide bonds. The summed E-state index contributed by atoms with van der Waals surface area (Å²) in [4.78, 5) is 0. The van der Waals surface area contributed by atoms with Gasteiger partial charge in [0, 0.05) is 5.92 Å². The van der Waals surface area contributed by atoms with Crippen molar-refractivity contribution in [2.75, 3.05) is 0 Å². The van der Waals surface area contributed by atoms with Crippen LogP contribution < -0.4 is 0 Å². The van der Waals surface area contributed by atoms with Crippen LogP contribution in [-0.2, 0) is 0 Å². The first-order chi connectivity index (χ1) is 8.33. The largest absolute Gasteiger partial charge is 0.198 e. The molecular formula is C16H27N. The summed E-state index contributed by atoms with van der Waals surface area (Å²) in [5.41, 5.74) is 0. The average Bonchev–Trinajstić information content (AvgIpc) is 2.38. The molecule has 0 aliphatic heterocycles. The zero-order chi connectivity index (χ0) is 12.1. The quantitative estimate of drug-likeness (QED) is 0.632. The minimum absolute atomic E-state index is 0.382. The van der Waals surface area contributed by atoms with E-state index in [-0.39, 0.29) is 0 Å². The van der Waals surface area contributed by atoms with Crippen LogP contribution in [0, 0.1) is 35.0 Å². The van der Waals surface area contributed by atoms with Crippen LogP contribution in [-0.4, -0.2) is 0 Å².